The summed E-state index contributed by atoms with van der Waals surface area (Å²) in [4.78, 5) is 12.3. The molecule has 1 heterocycles. The van der Waals surface area contributed by atoms with E-state index in [0.717, 1.165) is 21.7 Å². The molecule has 0 bridgehead atoms. The van der Waals surface area contributed by atoms with E-state index in [1.165, 1.54) is 0 Å². The lowest BCUT2D eigenvalue weighted by Gasteiger charge is -2.23. The predicted molar refractivity (Wildman–Crippen MR) is 103 cm³/mol. The third-order valence-electron chi connectivity index (χ3n) is 4.24. The quantitative estimate of drug-likeness (QED) is 0.780. The minimum Gasteiger partial charge on any atom is -0.454 e. The van der Waals surface area contributed by atoms with Crippen molar-refractivity contribution in [2.45, 2.75) is 13.3 Å². The summed E-state index contributed by atoms with van der Waals surface area (Å²) in [5.74, 6) is 1.05. The van der Waals surface area contributed by atoms with Gasteiger partial charge in [-0.05, 0) is 42.7 Å². The van der Waals surface area contributed by atoms with Crippen molar-refractivity contribution in [3.8, 4) is 11.5 Å². The fourth-order valence-electron chi connectivity index (χ4n) is 2.85. The number of aryl methyl sites for hydroxylation is 1. The molecule has 1 aliphatic rings. The highest BCUT2D eigenvalue weighted by Crippen LogP contribution is 2.32. The monoisotopic (exact) mass is 390 g/mol. The van der Waals surface area contributed by atoms with Gasteiger partial charge in [-0.1, -0.05) is 24.3 Å². The fourth-order valence-corrected chi connectivity index (χ4v) is 3.77. The standard InChI is InChI=1S/C19H22N2O5S/c1-14-5-3-4-6-16(14)21(27(2,23)24)12-19(22)20-10-9-15-7-8-17-18(11-15)26-13-25-17/h3-8,11H,9-10,12-13H2,1-2H3,(H,20,22). The molecule has 0 saturated carbocycles. The zero-order valence-corrected chi connectivity index (χ0v) is 16.1. The van der Waals surface area contributed by atoms with E-state index in [1.54, 1.807) is 12.1 Å². The van der Waals surface area contributed by atoms with Crippen molar-refractivity contribution in [2.24, 2.45) is 0 Å². The summed E-state index contributed by atoms with van der Waals surface area (Å²) in [5, 5.41) is 2.77. The molecule has 0 spiro atoms. The minimum atomic E-state index is -3.58. The lowest BCUT2D eigenvalue weighted by molar-refractivity contribution is -0.119. The number of hydrogen-bond donors (Lipinski definition) is 1. The van der Waals surface area contributed by atoms with Crippen molar-refractivity contribution in [3.05, 3.63) is 53.6 Å². The topological polar surface area (TPSA) is 84.9 Å². The maximum Gasteiger partial charge on any atom is 0.240 e. The van der Waals surface area contributed by atoms with Crippen molar-refractivity contribution in [1.82, 2.24) is 5.32 Å². The number of anilines is 1. The van der Waals surface area contributed by atoms with Gasteiger partial charge < -0.3 is 14.8 Å². The predicted octanol–water partition coefficient (Wildman–Crippen LogP) is 1.85. The van der Waals surface area contributed by atoms with Gasteiger partial charge in [0, 0.05) is 6.54 Å². The zero-order chi connectivity index (χ0) is 19.4. The Bertz CT molecular complexity index is 943. The Morgan fingerprint density at radius 3 is 2.63 bits per heavy atom. The van der Waals surface area contributed by atoms with Crippen molar-refractivity contribution in [1.29, 1.82) is 0 Å². The van der Waals surface area contributed by atoms with E-state index in [-0.39, 0.29) is 19.2 Å². The van der Waals surface area contributed by atoms with Crippen molar-refractivity contribution >= 4 is 21.6 Å². The van der Waals surface area contributed by atoms with Gasteiger partial charge in [0.05, 0.1) is 11.9 Å². The van der Waals surface area contributed by atoms with Crippen LogP contribution in [0.3, 0.4) is 0 Å². The number of ether oxygens (including phenoxy) is 2. The molecule has 1 N–H and O–H groups in total. The number of hydrogen-bond acceptors (Lipinski definition) is 5. The molecule has 0 saturated heterocycles. The first-order chi connectivity index (χ1) is 12.8. The van der Waals surface area contributed by atoms with E-state index in [9.17, 15) is 13.2 Å². The number of carbonyl (C=O) groups excluding carboxylic acids is 1. The Balaban J connectivity index is 1.59. The summed E-state index contributed by atoms with van der Waals surface area (Å²) >= 11 is 0. The van der Waals surface area contributed by atoms with Crippen LogP contribution in [0.4, 0.5) is 5.69 Å². The van der Waals surface area contributed by atoms with Crippen LogP contribution in [0.15, 0.2) is 42.5 Å². The Hall–Kier alpha value is -2.74. The summed E-state index contributed by atoms with van der Waals surface area (Å²) in [5.41, 5.74) is 2.29. The number of para-hydroxylation sites is 1. The van der Waals surface area contributed by atoms with Gasteiger partial charge in [-0.15, -0.1) is 0 Å². The molecule has 0 aliphatic carbocycles. The molecule has 0 radical (unpaired) electrons. The third-order valence-corrected chi connectivity index (χ3v) is 5.37. The first kappa shape index (κ1) is 19.0. The van der Waals surface area contributed by atoms with Gasteiger partial charge >= 0.3 is 0 Å². The number of nitrogens with zero attached hydrogens (tertiary/aromatic N) is 1. The molecule has 1 aliphatic heterocycles. The lowest BCUT2D eigenvalue weighted by Crippen LogP contribution is -2.41. The van der Waals surface area contributed by atoms with Crippen LogP contribution in [0.1, 0.15) is 11.1 Å². The molecule has 0 atom stereocenters. The molecule has 27 heavy (non-hydrogen) atoms. The number of amides is 1. The van der Waals surface area contributed by atoms with E-state index in [0.29, 0.717) is 30.2 Å². The summed E-state index contributed by atoms with van der Waals surface area (Å²) in [6, 6.07) is 12.7. The van der Waals surface area contributed by atoms with Crippen molar-refractivity contribution < 1.29 is 22.7 Å². The van der Waals surface area contributed by atoms with Gasteiger partial charge in [0.25, 0.3) is 0 Å². The van der Waals surface area contributed by atoms with Crippen molar-refractivity contribution in [3.63, 3.8) is 0 Å². The van der Waals surface area contributed by atoms with Crippen LogP contribution >= 0.6 is 0 Å². The molecule has 144 valence electrons. The Labute approximate surface area is 158 Å². The molecular weight excluding hydrogens is 368 g/mol. The molecule has 1 amide bonds. The van der Waals surface area contributed by atoms with Crippen LogP contribution < -0.4 is 19.1 Å². The highest BCUT2D eigenvalue weighted by Gasteiger charge is 2.22. The first-order valence-electron chi connectivity index (χ1n) is 8.53. The van der Waals surface area contributed by atoms with Crippen molar-refractivity contribution in [2.75, 3.05) is 30.4 Å². The van der Waals surface area contributed by atoms with Crippen LogP contribution in [0, 0.1) is 6.92 Å². The fraction of sp³-hybridized carbons (Fsp3) is 0.316. The molecular formula is C19H22N2O5S. The molecule has 7 nitrogen and oxygen atoms in total. The maximum absolute atomic E-state index is 12.3. The lowest BCUT2D eigenvalue weighted by atomic mass is 10.1. The van der Waals surface area contributed by atoms with Crippen LogP contribution in [0.5, 0.6) is 11.5 Å². The second kappa shape index (κ2) is 7.87. The molecule has 0 fully saturated rings. The van der Waals surface area contributed by atoms with Gasteiger partial charge in [0.1, 0.15) is 6.54 Å². The van der Waals surface area contributed by atoms with Gasteiger partial charge in [-0.2, -0.15) is 0 Å². The summed E-state index contributed by atoms with van der Waals surface area (Å²) < 4.78 is 36.0. The van der Waals surface area contributed by atoms with Crippen LogP contribution in [0.25, 0.3) is 0 Å². The molecule has 0 aromatic heterocycles. The first-order valence-corrected chi connectivity index (χ1v) is 10.4. The number of fused-ring (bicyclic) bond motifs is 1. The summed E-state index contributed by atoms with van der Waals surface area (Å²) in [6.07, 6.45) is 1.70. The van der Waals surface area contributed by atoms with Crippen LogP contribution in [-0.2, 0) is 21.2 Å². The van der Waals surface area contributed by atoms with Crippen LogP contribution in [0.2, 0.25) is 0 Å². The van der Waals surface area contributed by atoms with Crippen LogP contribution in [-0.4, -0.2) is 40.5 Å². The normalized spacial score (nSPS) is 12.7. The second-order valence-electron chi connectivity index (χ2n) is 6.34. The molecule has 3 rings (SSSR count). The van der Waals surface area contributed by atoms with Gasteiger partial charge in [-0.3, -0.25) is 9.10 Å². The largest absolute Gasteiger partial charge is 0.454 e. The van der Waals surface area contributed by atoms with E-state index in [4.69, 9.17) is 9.47 Å². The minimum absolute atomic E-state index is 0.218. The highest BCUT2D eigenvalue weighted by atomic mass is 32.2. The Morgan fingerprint density at radius 1 is 1.15 bits per heavy atom. The smallest absolute Gasteiger partial charge is 0.240 e. The van der Waals surface area contributed by atoms with Gasteiger partial charge in [0.2, 0.25) is 22.7 Å². The van der Waals surface area contributed by atoms with E-state index in [2.05, 4.69) is 5.32 Å². The molecule has 8 heteroatoms. The number of benzene rings is 2. The SMILES string of the molecule is Cc1ccccc1N(CC(=O)NCCc1ccc2c(c1)OCO2)S(C)(=O)=O. The maximum atomic E-state index is 12.3. The average molecular weight is 390 g/mol. The number of nitrogens with one attached hydrogen (secondary N) is 1. The Kier molecular flexibility index (Phi) is 5.55. The highest BCUT2D eigenvalue weighted by molar-refractivity contribution is 7.92. The third kappa shape index (κ3) is 4.71. The number of carbonyl (C=O) groups is 1. The van der Waals surface area contributed by atoms with E-state index < -0.39 is 10.0 Å². The van der Waals surface area contributed by atoms with Gasteiger partial charge in [-0.25, -0.2) is 8.42 Å². The molecule has 0 unspecified atom stereocenters. The second-order valence-corrected chi connectivity index (χ2v) is 8.25. The molecule has 2 aromatic carbocycles. The van der Waals surface area contributed by atoms with E-state index >= 15 is 0 Å². The average Bonchev–Trinajstić information content (AvgIpc) is 3.07. The molecule has 2 aromatic rings. The number of sulfonamides is 1. The summed E-state index contributed by atoms with van der Waals surface area (Å²) in [7, 11) is -3.58. The zero-order valence-electron chi connectivity index (χ0n) is 15.3. The Morgan fingerprint density at radius 2 is 1.89 bits per heavy atom. The van der Waals surface area contributed by atoms with Gasteiger partial charge in [0.15, 0.2) is 11.5 Å². The number of rotatable bonds is 7. The van der Waals surface area contributed by atoms with E-state index in [1.807, 2.05) is 37.3 Å². The summed E-state index contributed by atoms with van der Waals surface area (Å²) in [6.45, 7) is 2.16.